The minimum atomic E-state index is -0.510. The molecule has 0 bridgehead atoms. The first-order valence-electron chi connectivity index (χ1n) is 10.0. The van der Waals surface area contributed by atoms with Crippen LogP contribution in [0, 0.1) is 11.3 Å². The van der Waals surface area contributed by atoms with Crippen LogP contribution in [0.2, 0.25) is 0 Å². The smallest absolute Gasteiger partial charge is 0.256 e. The molecule has 2 aliphatic rings. The number of amides is 1. The molecule has 0 unspecified atom stereocenters. The van der Waals surface area contributed by atoms with Crippen LogP contribution in [-0.2, 0) is 12.8 Å². The molecule has 5 nitrogen and oxygen atoms in total. The molecule has 3 N–H and O–H groups in total. The van der Waals surface area contributed by atoms with Gasteiger partial charge in [0.2, 0.25) is 0 Å². The number of phenolic OH excluding ortho intramolecular Hbond substituents is 1. The Balaban J connectivity index is 1.67. The maximum absolute atomic E-state index is 13.0. The molecule has 29 heavy (non-hydrogen) atoms. The second-order valence-electron chi connectivity index (χ2n) is 8.59. The van der Waals surface area contributed by atoms with Crippen molar-refractivity contribution in [2.24, 2.45) is 11.3 Å². The molecule has 0 saturated carbocycles. The lowest BCUT2D eigenvalue weighted by Crippen LogP contribution is -2.38. The third kappa shape index (κ3) is 3.52. The van der Waals surface area contributed by atoms with E-state index in [1.807, 2.05) is 0 Å². The summed E-state index contributed by atoms with van der Waals surface area (Å²) in [4.78, 5) is 14.3. The zero-order valence-electron chi connectivity index (χ0n) is 17.2. The summed E-state index contributed by atoms with van der Waals surface area (Å²) >= 11 is 5.14. The number of ether oxygens (including phenoxy) is 1. The van der Waals surface area contributed by atoms with Crippen LogP contribution in [0.15, 0.2) is 16.6 Å². The SMILES string of the molecule is CCC(C)(C)[C@@H]1CCc2c(sc3c2C(=O)N[C@H](c2cc(Br)cc(OC)c2O)N3)C1. The first kappa shape index (κ1) is 20.5. The van der Waals surface area contributed by atoms with Crippen molar-refractivity contribution in [2.75, 3.05) is 12.4 Å². The number of rotatable bonds is 4. The number of aromatic hydroxyl groups is 1. The first-order valence-corrected chi connectivity index (χ1v) is 11.6. The van der Waals surface area contributed by atoms with Crippen LogP contribution in [0.1, 0.15) is 66.1 Å². The Bertz CT molecular complexity index is 969. The molecule has 1 aliphatic carbocycles. The Labute approximate surface area is 184 Å². The van der Waals surface area contributed by atoms with Gasteiger partial charge in [-0.05, 0) is 48.3 Å². The molecule has 4 rings (SSSR count). The van der Waals surface area contributed by atoms with Crippen LogP contribution in [0.4, 0.5) is 5.00 Å². The summed E-state index contributed by atoms with van der Waals surface area (Å²) in [6.45, 7) is 6.95. The molecule has 2 aromatic rings. The van der Waals surface area contributed by atoms with Crippen molar-refractivity contribution in [3.05, 3.63) is 38.2 Å². The van der Waals surface area contributed by atoms with Crippen molar-refractivity contribution in [1.29, 1.82) is 0 Å². The van der Waals surface area contributed by atoms with Gasteiger partial charge in [-0.15, -0.1) is 11.3 Å². The first-order chi connectivity index (χ1) is 13.7. The van der Waals surface area contributed by atoms with Crippen molar-refractivity contribution < 1.29 is 14.6 Å². The number of fused-ring (bicyclic) bond motifs is 3. The largest absolute Gasteiger partial charge is 0.504 e. The molecule has 2 atom stereocenters. The predicted molar refractivity (Wildman–Crippen MR) is 120 cm³/mol. The number of anilines is 1. The van der Waals surface area contributed by atoms with E-state index in [1.54, 1.807) is 23.5 Å². The summed E-state index contributed by atoms with van der Waals surface area (Å²) in [5.74, 6) is 0.958. The standard InChI is InChI=1S/C22H27BrN2O3S/c1-5-22(2,3)11-6-7-13-16(8-11)29-21-17(13)20(27)24-19(25-21)14-9-12(23)10-15(28-4)18(14)26/h9-11,19,25-26H,5-8H2,1-4H3,(H,24,27)/t11-,19+/m1/s1. The number of thiophene rings is 1. The van der Waals surface area contributed by atoms with Gasteiger partial charge in [-0.25, -0.2) is 0 Å². The van der Waals surface area contributed by atoms with Gasteiger partial charge in [0.15, 0.2) is 11.5 Å². The number of halogens is 1. The van der Waals surface area contributed by atoms with Crippen LogP contribution < -0.4 is 15.4 Å². The third-order valence-corrected chi connectivity index (χ3v) is 8.30. The molecule has 1 aromatic carbocycles. The predicted octanol–water partition coefficient (Wildman–Crippen LogP) is 5.62. The van der Waals surface area contributed by atoms with Crippen LogP contribution in [0.3, 0.4) is 0 Å². The van der Waals surface area contributed by atoms with E-state index in [0.29, 0.717) is 22.6 Å². The molecule has 1 aromatic heterocycles. The van der Waals surface area contributed by atoms with Gasteiger partial charge in [0.25, 0.3) is 5.91 Å². The highest BCUT2D eigenvalue weighted by Crippen LogP contribution is 2.48. The van der Waals surface area contributed by atoms with E-state index in [1.165, 1.54) is 17.6 Å². The Hall–Kier alpha value is -1.73. The van der Waals surface area contributed by atoms with Crippen LogP contribution in [-0.4, -0.2) is 18.1 Å². The zero-order valence-corrected chi connectivity index (χ0v) is 19.6. The van der Waals surface area contributed by atoms with E-state index >= 15 is 0 Å². The highest BCUT2D eigenvalue weighted by molar-refractivity contribution is 9.10. The lowest BCUT2D eigenvalue weighted by Gasteiger charge is -2.36. The summed E-state index contributed by atoms with van der Waals surface area (Å²) in [6, 6.07) is 3.50. The number of carbonyl (C=O) groups excluding carboxylic acids is 1. The Kier molecular flexibility index (Phi) is 5.32. The number of nitrogens with one attached hydrogen (secondary N) is 2. The summed E-state index contributed by atoms with van der Waals surface area (Å²) in [5.41, 5.74) is 2.87. The molecule has 156 valence electrons. The van der Waals surface area contributed by atoms with Crippen LogP contribution in [0.5, 0.6) is 11.5 Å². The van der Waals surface area contributed by atoms with E-state index in [4.69, 9.17) is 4.74 Å². The van der Waals surface area contributed by atoms with Crippen LogP contribution >= 0.6 is 27.3 Å². The van der Waals surface area contributed by atoms with E-state index in [0.717, 1.165) is 40.7 Å². The Morgan fingerprint density at radius 3 is 2.79 bits per heavy atom. The Morgan fingerprint density at radius 1 is 1.34 bits per heavy atom. The van der Waals surface area contributed by atoms with E-state index in [2.05, 4.69) is 47.3 Å². The number of hydrogen-bond acceptors (Lipinski definition) is 5. The molecular formula is C22H27BrN2O3S. The quantitative estimate of drug-likeness (QED) is 0.533. The zero-order chi connectivity index (χ0) is 20.9. The van der Waals surface area contributed by atoms with Gasteiger partial charge < -0.3 is 20.5 Å². The third-order valence-electron chi connectivity index (χ3n) is 6.66. The number of methoxy groups -OCH3 is 1. The molecule has 0 spiro atoms. The molecule has 7 heteroatoms. The molecule has 0 fully saturated rings. The van der Waals surface area contributed by atoms with Crippen molar-refractivity contribution in [1.82, 2.24) is 5.32 Å². The van der Waals surface area contributed by atoms with Crippen LogP contribution in [0.25, 0.3) is 0 Å². The van der Waals surface area contributed by atoms with E-state index < -0.39 is 6.17 Å². The van der Waals surface area contributed by atoms with Gasteiger partial charge in [0.05, 0.1) is 12.7 Å². The lowest BCUT2D eigenvalue weighted by molar-refractivity contribution is 0.0934. The second-order valence-corrected chi connectivity index (χ2v) is 10.6. The average Bonchev–Trinajstić information content (AvgIpc) is 3.07. The number of carbonyl (C=O) groups is 1. The molecule has 1 aliphatic heterocycles. The minimum absolute atomic E-state index is 0.0306. The fraction of sp³-hybridized carbons (Fsp3) is 0.500. The second kappa shape index (κ2) is 7.51. The van der Waals surface area contributed by atoms with Gasteiger partial charge >= 0.3 is 0 Å². The lowest BCUT2D eigenvalue weighted by atomic mass is 9.69. The maximum atomic E-state index is 13.0. The molecule has 2 heterocycles. The van der Waals surface area contributed by atoms with Crippen molar-refractivity contribution in [2.45, 2.75) is 52.6 Å². The summed E-state index contributed by atoms with van der Waals surface area (Å²) in [6.07, 6.45) is 3.75. The highest BCUT2D eigenvalue weighted by Gasteiger charge is 2.38. The molecule has 0 radical (unpaired) electrons. The van der Waals surface area contributed by atoms with E-state index in [9.17, 15) is 9.90 Å². The molecule has 0 saturated heterocycles. The Morgan fingerprint density at radius 2 is 2.10 bits per heavy atom. The number of hydrogen-bond donors (Lipinski definition) is 3. The maximum Gasteiger partial charge on any atom is 0.256 e. The topological polar surface area (TPSA) is 70.6 Å². The molecule has 1 amide bonds. The normalized spacial score (nSPS) is 21.1. The summed E-state index contributed by atoms with van der Waals surface area (Å²) in [7, 11) is 1.51. The fourth-order valence-corrected chi connectivity index (χ4v) is 6.19. The van der Waals surface area contributed by atoms with Crippen molar-refractivity contribution >= 4 is 38.2 Å². The average molecular weight is 479 g/mol. The molecular weight excluding hydrogens is 452 g/mol. The van der Waals surface area contributed by atoms with Gasteiger partial charge in [-0.2, -0.15) is 0 Å². The fourth-order valence-electron chi connectivity index (χ4n) is 4.38. The highest BCUT2D eigenvalue weighted by atomic mass is 79.9. The number of phenols is 1. The van der Waals surface area contributed by atoms with Gasteiger partial charge in [-0.3, -0.25) is 4.79 Å². The van der Waals surface area contributed by atoms with Gasteiger partial charge in [0.1, 0.15) is 11.2 Å². The summed E-state index contributed by atoms with van der Waals surface area (Å²) in [5, 5.41) is 17.9. The van der Waals surface area contributed by atoms with Crippen molar-refractivity contribution in [3.8, 4) is 11.5 Å². The van der Waals surface area contributed by atoms with E-state index in [-0.39, 0.29) is 11.7 Å². The van der Waals surface area contributed by atoms with Crippen molar-refractivity contribution in [3.63, 3.8) is 0 Å². The number of benzene rings is 1. The van der Waals surface area contributed by atoms with Gasteiger partial charge in [0, 0.05) is 14.9 Å². The monoisotopic (exact) mass is 478 g/mol. The summed E-state index contributed by atoms with van der Waals surface area (Å²) < 4.78 is 6.03. The minimum Gasteiger partial charge on any atom is -0.504 e. The van der Waals surface area contributed by atoms with Gasteiger partial charge in [-0.1, -0.05) is 43.1 Å².